The van der Waals surface area contributed by atoms with Crippen LogP contribution in [0.25, 0.3) is 0 Å². The van der Waals surface area contributed by atoms with Gasteiger partial charge in [-0.15, -0.1) is 0 Å². The molecule has 0 amide bonds. The molecule has 4 rings (SSSR count). The zero-order valence-electron chi connectivity index (χ0n) is 16.3. The molecule has 1 fully saturated rings. The van der Waals surface area contributed by atoms with Crippen molar-refractivity contribution in [1.29, 1.82) is 0 Å². The van der Waals surface area contributed by atoms with E-state index < -0.39 is 0 Å². The summed E-state index contributed by atoms with van der Waals surface area (Å²) in [5.41, 5.74) is 4.09. The number of carbonyl (C=O) groups excluding carboxylic acids is 1. The molecule has 3 atom stereocenters. The van der Waals surface area contributed by atoms with E-state index in [0.717, 1.165) is 41.7 Å². The molecular weight excluding hydrogens is 356 g/mol. The van der Waals surface area contributed by atoms with Crippen molar-refractivity contribution in [3.63, 3.8) is 0 Å². The lowest BCUT2D eigenvalue weighted by Crippen LogP contribution is -2.36. The van der Waals surface area contributed by atoms with Gasteiger partial charge in [0.2, 0.25) is 0 Å². The van der Waals surface area contributed by atoms with E-state index in [4.69, 9.17) is 19.2 Å². The SMILES string of the molecule is COc1cc2c(cc1OC)C1CC(OC(C)=O)CCC1N=C2c1cccnc1. The second-order valence-corrected chi connectivity index (χ2v) is 7.23. The van der Waals surface area contributed by atoms with Gasteiger partial charge in [0, 0.05) is 36.4 Å². The van der Waals surface area contributed by atoms with Crippen LogP contribution in [0.3, 0.4) is 0 Å². The van der Waals surface area contributed by atoms with Crippen molar-refractivity contribution in [2.24, 2.45) is 4.99 Å². The van der Waals surface area contributed by atoms with Gasteiger partial charge in [-0.05, 0) is 49.1 Å². The summed E-state index contributed by atoms with van der Waals surface area (Å²) in [6.07, 6.45) is 5.98. The van der Waals surface area contributed by atoms with Crippen LogP contribution in [0.15, 0.2) is 41.7 Å². The first-order chi connectivity index (χ1) is 13.6. The summed E-state index contributed by atoms with van der Waals surface area (Å²) in [5, 5.41) is 0. The fraction of sp³-hybridized carbons (Fsp3) is 0.409. The van der Waals surface area contributed by atoms with Crippen LogP contribution in [0, 0.1) is 0 Å². The smallest absolute Gasteiger partial charge is 0.302 e. The van der Waals surface area contributed by atoms with Crippen molar-refractivity contribution in [3.8, 4) is 11.5 Å². The minimum absolute atomic E-state index is 0.0742. The number of aliphatic imine (C=N–C) groups is 1. The summed E-state index contributed by atoms with van der Waals surface area (Å²) in [6.45, 7) is 1.47. The van der Waals surface area contributed by atoms with Gasteiger partial charge in [0.1, 0.15) is 6.10 Å². The lowest BCUT2D eigenvalue weighted by Gasteiger charge is -2.38. The average Bonchev–Trinajstić information content (AvgIpc) is 2.72. The normalized spacial score (nSPS) is 23.1. The Labute approximate surface area is 164 Å². The Kier molecular flexibility index (Phi) is 5.03. The highest BCUT2D eigenvalue weighted by atomic mass is 16.5. The molecule has 0 radical (unpaired) electrons. The number of aromatic nitrogens is 1. The molecule has 2 aliphatic rings. The van der Waals surface area contributed by atoms with Gasteiger partial charge in [-0.1, -0.05) is 0 Å². The van der Waals surface area contributed by atoms with Crippen LogP contribution in [-0.4, -0.2) is 43.0 Å². The number of ether oxygens (including phenoxy) is 3. The third kappa shape index (κ3) is 3.35. The van der Waals surface area contributed by atoms with Gasteiger partial charge >= 0.3 is 5.97 Å². The van der Waals surface area contributed by atoms with E-state index in [1.54, 1.807) is 20.4 Å². The second-order valence-electron chi connectivity index (χ2n) is 7.23. The Hall–Kier alpha value is -2.89. The van der Waals surface area contributed by atoms with Crippen LogP contribution in [0.5, 0.6) is 11.5 Å². The van der Waals surface area contributed by atoms with E-state index in [1.165, 1.54) is 6.92 Å². The van der Waals surface area contributed by atoms with Crippen molar-refractivity contribution in [2.45, 2.75) is 44.2 Å². The Morgan fingerprint density at radius 1 is 1.14 bits per heavy atom. The molecule has 3 unspecified atom stereocenters. The Bertz CT molecular complexity index is 910. The molecule has 1 aromatic carbocycles. The van der Waals surface area contributed by atoms with Gasteiger partial charge in [0.25, 0.3) is 0 Å². The number of benzene rings is 1. The minimum Gasteiger partial charge on any atom is -0.493 e. The first kappa shape index (κ1) is 18.5. The van der Waals surface area contributed by atoms with E-state index in [1.807, 2.05) is 30.5 Å². The number of esters is 1. The zero-order valence-corrected chi connectivity index (χ0v) is 16.3. The van der Waals surface area contributed by atoms with Crippen LogP contribution in [0.4, 0.5) is 0 Å². The van der Waals surface area contributed by atoms with Gasteiger partial charge < -0.3 is 14.2 Å². The molecule has 6 nitrogen and oxygen atoms in total. The zero-order chi connectivity index (χ0) is 19.7. The van der Waals surface area contributed by atoms with Crippen LogP contribution in [-0.2, 0) is 9.53 Å². The van der Waals surface area contributed by atoms with Crippen LogP contribution in [0.1, 0.15) is 48.8 Å². The highest BCUT2D eigenvalue weighted by Gasteiger charge is 2.38. The molecule has 2 heterocycles. The molecule has 0 bridgehead atoms. The predicted molar refractivity (Wildman–Crippen MR) is 105 cm³/mol. The highest BCUT2D eigenvalue weighted by Crippen LogP contribution is 2.45. The third-order valence-corrected chi connectivity index (χ3v) is 5.54. The number of hydrogen-bond acceptors (Lipinski definition) is 6. The van der Waals surface area contributed by atoms with Gasteiger partial charge in [0.15, 0.2) is 11.5 Å². The number of rotatable bonds is 4. The fourth-order valence-corrected chi connectivity index (χ4v) is 4.32. The molecule has 0 spiro atoms. The van der Waals surface area contributed by atoms with E-state index in [-0.39, 0.29) is 24.0 Å². The number of nitrogens with zero attached hydrogens (tertiary/aromatic N) is 2. The fourth-order valence-electron chi connectivity index (χ4n) is 4.32. The molecular formula is C22H24N2O4. The van der Waals surface area contributed by atoms with E-state index >= 15 is 0 Å². The van der Waals surface area contributed by atoms with Crippen molar-refractivity contribution in [1.82, 2.24) is 4.98 Å². The molecule has 146 valence electrons. The molecule has 2 aromatic rings. The van der Waals surface area contributed by atoms with E-state index in [2.05, 4.69) is 4.98 Å². The summed E-state index contributed by atoms with van der Waals surface area (Å²) in [6, 6.07) is 8.13. The first-order valence-electron chi connectivity index (χ1n) is 9.52. The van der Waals surface area contributed by atoms with Gasteiger partial charge in [0.05, 0.1) is 26.0 Å². The molecule has 1 saturated carbocycles. The molecule has 28 heavy (non-hydrogen) atoms. The Balaban J connectivity index is 1.82. The summed E-state index contributed by atoms with van der Waals surface area (Å²) in [5.74, 6) is 1.31. The number of fused-ring (bicyclic) bond motifs is 3. The van der Waals surface area contributed by atoms with Crippen LogP contribution in [0.2, 0.25) is 0 Å². The van der Waals surface area contributed by atoms with Crippen molar-refractivity contribution < 1.29 is 19.0 Å². The minimum atomic E-state index is -0.230. The Morgan fingerprint density at radius 2 is 1.93 bits per heavy atom. The standard InChI is InChI=1S/C22H24N2O4/c1-13(25)28-15-6-7-19-17(9-15)16-10-20(26-2)21(27-3)11-18(16)22(24-19)14-5-4-8-23-12-14/h4-5,8,10-12,15,17,19H,6-7,9H2,1-3H3. The van der Waals surface area contributed by atoms with E-state index in [0.29, 0.717) is 11.5 Å². The van der Waals surface area contributed by atoms with Gasteiger partial charge in [-0.2, -0.15) is 0 Å². The first-order valence-corrected chi connectivity index (χ1v) is 9.52. The monoisotopic (exact) mass is 380 g/mol. The maximum Gasteiger partial charge on any atom is 0.302 e. The number of hydrogen-bond donors (Lipinski definition) is 0. The molecule has 0 saturated heterocycles. The lowest BCUT2D eigenvalue weighted by atomic mass is 9.74. The summed E-state index contributed by atoms with van der Waals surface area (Å²) >= 11 is 0. The maximum absolute atomic E-state index is 11.4. The van der Waals surface area contributed by atoms with Crippen molar-refractivity contribution >= 4 is 11.7 Å². The van der Waals surface area contributed by atoms with Crippen LogP contribution < -0.4 is 9.47 Å². The number of pyridine rings is 1. The quantitative estimate of drug-likeness (QED) is 0.759. The topological polar surface area (TPSA) is 70.0 Å². The van der Waals surface area contributed by atoms with Crippen molar-refractivity contribution in [3.05, 3.63) is 53.3 Å². The lowest BCUT2D eigenvalue weighted by molar-refractivity contribution is -0.148. The maximum atomic E-state index is 11.4. The third-order valence-electron chi connectivity index (χ3n) is 5.54. The summed E-state index contributed by atoms with van der Waals surface area (Å²) < 4.78 is 16.6. The molecule has 0 N–H and O–H groups in total. The van der Waals surface area contributed by atoms with Gasteiger partial charge in [-0.25, -0.2) is 0 Å². The Morgan fingerprint density at radius 3 is 2.61 bits per heavy atom. The number of methoxy groups -OCH3 is 2. The van der Waals surface area contributed by atoms with E-state index in [9.17, 15) is 4.79 Å². The second kappa shape index (κ2) is 7.62. The summed E-state index contributed by atoms with van der Waals surface area (Å²) in [4.78, 5) is 20.8. The average molecular weight is 380 g/mol. The van der Waals surface area contributed by atoms with Crippen molar-refractivity contribution in [2.75, 3.05) is 14.2 Å². The van der Waals surface area contributed by atoms with Gasteiger partial charge in [-0.3, -0.25) is 14.8 Å². The molecule has 6 heteroatoms. The number of carbonyl (C=O) groups is 1. The predicted octanol–water partition coefficient (Wildman–Crippen LogP) is 3.52. The highest BCUT2D eigenvalue weighted by molar-refractivity contribution is 6.14. The molecule has 1 aromatic heterocycles. The molecule has 1 aliphatic carbocycles. The largest absolute Gasteiger partial charge is 0.493 e. The summed E-state index contributed by atoms with van der Waals surface area (Å²) in [7, 11) is 3.28. The molecule has 1 aliphatic heterocycles. The van der Waals surface area contributed by atoms with Crippen LogP contribution >= 0.6 is 0 Å².